The van der Waals surface area contributed by atoms with Gasteiger partial charge in [-0.3, -0.25) is 14.7 Å². The molecule has 5 heteroatoms. The van der Waals surface area contributed by atoms with Crippen molar-refractivity contribution in [1.29, 1.82) is 0 Å². The lowest BCUT2D eigenvalue weighted by atomic mass is 9.91. The number of likely N-dealkylation sites (N-methyl/N-ethyl adjacent to an activating group) is 1. The Balaban J connectivity index is 1.57. The molecule has 0 spiro atoms. The second kappa shape index (κ2) is 6.12. The van der Waals surface area contributed by atoms with Crippen LogP contribution in [0.15, 0.2) is 24.5 Å². The Kier molecular flexibility index (Phi) is 4.22. The number of carbonyl (C=O) groups excluding carboxylic acids is 1. The number of hydrogen-bond acceptors (Lipinski definition) is 4. The number of nitrogens with zero attached hydrogens (tertiary/aromatic N) is 3. The van der Waals surface area contributed by atoms with E-state index in [1.165, 1.54) is 5.56 Å². The number of rotatable bonds is 3. The number of amides is 1. The van der Waals surface area contributed by atoms with E-state index in [1.807, 2.05) is 12.4 Å². The van der Waals surface area contributed by atoms with E-state index in [-0.39, 0.29) is 18.1 Å². The first-order chi connectivity index (χ1) is 10.1. The minimum atomic E-state index is -0.240. The quantitative estimate of drug-likeness (QED) is 0.837. The minimum Gasteiger partial charge on any atom is -0.364 e. The first-order valence-electron chi connectivity index (χ1n) is 7.61. The molecule has 0 saturated carbocycles. The SMILES string of the molecule is CN(C)C(=O)[C@@H]1C[C@@H]2CCN(Cc3ccncc3)C[C@H]2O1. The van der Waals surface area contributed by atoms with Crippen molar-refractivity contribution in [3.63, 3.8) is 0 Å². The minimum absolute atomic E-state index is 0.102. The van der Waals surface area contributed by atoms with Crippen LogP contribution >= 0.6 is 0 Å². The van der Waals surface area contributed by atoms with Crippen LogP contribution in [0, 0.1) is 5.92 Å². The number of hydrogen-bond donors (Lipinski definition) is 0. The molecule has 0 aromatic carbocycles. The summed E-state index contributed by atoms with van der Waals surface area (Å²) in [4.78, 5) is 20.1. The predicted octanol–water partition coefficient (Wildman–Crippen LogP) is 1.15. The van der Waals surface area contributed by atoms with E-state index in [1.54, 1.807) is 19.0 Å². The van der Waals surface area contributed by atoms with Crippen LogP contribution in [-0.4, -0.2) is 60.1 Å². The average Bonchev–Trinajstić information content (AvgIpc) is 2.90. The van der Waals surface area contributed by atoms with Crippen LogP contribution in [0.5, 0.6) is 0 Å². The van der Waals surface area contributed by atoms with Gasteiger partial charge in [-0.2, -0.15) is 0 Å². The number of pyridine rings is 1. The molecule has 2 aliphatic rings. The molecule has 0 N–H and O–H groups in total. The van der Waals surface area contributed by atoms with Crippen LogP contribution in [0.25, 0.3) is 0 Å². The lowest BCUT2D eigenvalue weighted by molar-refractivity contribution is -0.141. The molecule has 1 aromatic rings. The normalized spacial score (nSPS) is 29.1. The second-order valence-electron chi connectivity index (χ2n) is 6.27. The highest BCUT2D eigenvalue weighted by Gasteiger charge is 2.42. The first-order valence-corrected chi connectivity index (χ1v) is 7.61. The molecule has 3 heterocycles. The Morgan fingerprint density at radius 1 is 1.43 bits per heavy atom. The van der Waals surface area contributed by atoms with Crippen LogP contribution < -0.4 is 0 Å². The van der Waals surface area contributed by atoms with Crippen LogP contribution in [0.4, 0.5) is 0 Å². The van der Waals surface area contributed by atoms with Crippen molar-refractivity contribution in [2.45, 2.75) is 31.6 Å². The molecule has 21 heavy (non-hydrogen) atoms. The zero-order chi connectivity index (χ0) is 14.8. The number of likely N-dealkylation sites (tertiary alicyclic amines) is 1. The largest absolute Gasteiger partial charge is 0.364 e. The fourth-order valence-electron chi connectivity index (χ4n) is 3.33. The molecule has 2 aliphatic heterocycles. The predicted molar refractivity (Wildman–Crippen MR) is 79.6 cm³/mol. The van der Waals surface area contributed by atoms with E-state index >= 15 is 0 Å². The van der Waals surface area contributed by atoms with Gasteiger partial charge < -0.3 is 9.64 Å². The summed E-state index contributed by atoms with van der Waals surface area (Å²) in [6.45, 7) is 2.93. The summed E-state index contributed by atoms with van der Waals surface area (Å²) in [6, 6.07) is 4.11. The van der Waals surface area contributed by atoms with Crippen molar-refractivity contribution in [2.24, 2.45) is 5.92 Å². The summed E-state index contributed by atoms with van der Waals surface area (Å²) < 4.78 is 6.01. The van der Waals surface area contributed by atoms with E-state index in [2.05, 4.69) is 22.0 Å². The molecular weight excluding hydrogens is 266 g/mol. The highest BCUT2D eigenvalue weighted by atomic mass is 16.5. The number of piperidine rings is 1. The molecule has 5 nitrogen and oxygen atoms in total. The third kappa shape index (κ3) is 3.24. The third-order valence-electron chi connectivity index (χ3n) is 4.51. The molecule has 114 valence electrons. The molecule has 1 amide bonds. The summed E-state index contributed by atoms with van der Waals surface area (Å²) in [7, 11) is 3.59. The number of carbonyl (C=O) groups is 1. The lowest BCUT2D eigenvalue weighted by Crippen LogP contribution is -2.42. The Bertz CT molecular complexity index is 492. The number of fused-ring (bicyclic) bond motifs is 1. The van der Waals surface area contributed by atoms with Crippen molar-refractivity contribution >= 4 is 5.91 Å². The molecule has 0 radical (unpaired) electrons. The highest BCUT2D eigenvalue weighted by Crippen LogP contribution is 2.34. The fourth-order valence-corrected chi connectivity index (χ4v) is 3.33. The van der Waals surface area contributed by atoms with Gasteiger partial charge in [0.25, 0.3) is 5.91 Å². The van der Waals surface area contributed by atoms with Gasteiger partial charge >= 0.3 is 0 Å². The van der Waals surface area contributed by atoms with Gasteiger partial charge in [-0.1, -0.05) is 0 Å². The second-order valence-corrected chi connectivity index (χ2v) is 6.27. The zero-order valence-electron chi connectivity index (χ0n) is 12.7. The van der Waals surface area contributed by atoms with Gasteiger partial charge in [0.2, 0.25) is 0 Å². The van der Waals surface area contributed by atoms with E-state index < -0.39 is 0 Å². The van der Waals surface area contributed by atoms with Crippen molar-refractivity contribution in [1.82, 2.24) is 14.8 Å². The molecule has 2 fully saturated rings. The zero-order valence-corrected chi connectivity index (χ0v) is 12.7. The smallest absolute Gasteiger partial charge is 0.251 e. The van der Waals surface area contributed by atoms with Crippen LogP contribution in [0.2, 0.25) is 0 Å². The average molecular weight is 289 g/mol. The van der Waals surface area contributed by atoms with Gasteiger partial charge in [0.05, 0.1) is 6.10 Å². The summed E-state index contributed by atoms with van der Waals surface area (Å²) >= 11 is 0. The van der Waals surface area contributed by atoms with Crippen LogP contribution in [0.1, 0.15) is 18.4 Å². The van der Waals surface area contributed by atoms with Crippen molar-refractivity contribution in [3.8, 4) is 0 Å². The van der Waals surface area contributed by atoms with Crippen molar-refractivity contribution in [3.05, 3.63) is 30.1 Å². The molecule has 3 atom stereocenters. The summed E-state index contributed by atoms with van der Waals surface area (Å²) in [5.41, 5.74) is 1.28. The summed E-state index contributed by atoms with van der Waals surface area (Å²) in [6.07, 6.45) is 5.63. The Hall–Kier alpha value is -1.46. The standard InChI is InChI=1S/C16H23N3O2/c1-18(2)16(20)14-9-13-5-8-19(11-15(13)21-14)10-12-3-6-17-7-4-12/h3-4,6-7,13-15H,5,8-11H2,1-2H3/t13-,14-,15+/m0/s1. The monoisotopic (exact) mass is 289 g/mol. The Labute approximate surface area is 125 Å². The van der Waals surface area contributed by atoms with E-state index in [4.69, 9.17) is 4.74 Å². The van der Waals surface area contributed by atoms with E-state index in [0.717, 1.165) is 32.5 Å². The van der Waals surface area contributed by atoms with Gasteiger partial charge in [-0.05, 0) is 43.0 Å². The van der Waals surface area contributed by atoms with E-state index in [9.17, 15) is 4.79 Å². The molecule has 0 aliphatic carbocycles. The topological polar surface area (TPSA) is 45.7 Å². The number of ether oxygens (including phenoxy) is 1. The van der Waals surface area contributed by atoms with Crippen LogP contribution in [-0.2, 0) is 16.1 Å². The maximum absolute atomic E-state index is 12.0. The maximum atomic E-state index is 12.0. The molecule has 2 saturated heterocycles. The summed E-state index contributed by atoms with van der Waals surface area (Å²) in [5.74, 6) is 0.637. The molecule has 3 rings (SSSR count). The van der Waals surface area contributed by atoms with Gasteiger partial charge in [-0.25, -0.2) is 0 Å². The van der Waals surface area contributed by atoms with Crippen molar-refractivity contribution < 1.29 is 9.53 Å². The fraction of sp³-hybridized carbons (Fsp3) is 0.625. The lowest BCUT2D eigenvalue weighted by Gasteiger charge is -2.34. The Morgan fingerprint density at radius 2 is 2.19 bits per heavy atom. The van der Waals surface area contributed by atoms with Crippen molar-refractivity contribution in [2.75, 3.05) is 27.2 Å². The highest BCUT2D eigenvalue weighted by molar-refractivity contribution is 5.80. The molecule has 0 unspecified atom stereocenters. The first kappa shape index (κ1) is 14.5. The van der Waals surface area contributed by atoms with Gasteiger partial charge in [-0.15, -0.1) is 0 Å². The summed E-state index contributed by atoms with van der Waals surface area (Å²) in [5, 5.41) is 0. The third-order valence-corrected chi connectivity index (χ3v) is 4.51. The van der Waals surface area contributed by atoms with E-state index in [0.29, 0.717) is 5.92 Å². The molecule has 0 bridgehead atoms. The van der Waals surface area contributed by atoms with Gasteiger partial charge in [0.15, 0.2) is 0 Å². The maximum Gasteiger partial charge on any atom is 0.251 e. The van der Waals surface area contributed by atoms with Gasteiger partial charge in [0, 0.05) is 39.6 Å². The molecular formula is C16H23N3O2. The number of aromatic nitrogens is 1. The Morgan fingerprint density at radius 3 is 2.90 bits per heavy atom. The van der Waals surface area contributed by atoms with Crippen LogP contribution in [0.3, 0.4) is 0 Å². The van der Waals surface area contributed by atoms with Gasteiger partial charge in [0.1, 0.15) is 6.10 Å². The molecule has 1 aromatic heterocycles.